The van der Waals surface area contributed by atoms with Gasteiger partial charge in [0.15, 0.2) is 0 Å². The van der Waals surface area contributed by atoms with Crippen molar-refractivity contribution < 1.29 is 2.74 Å². The average molecular weight is 567 g/mol. The number of fused-ring (bicyclic) bond motifs is 6. The van der Waals surface area contributed by atoms with Crippen molar-refractivity contribution in [2.45, 2.75) is 109 Å². The molecular formula is C40H45BN2. The Hall–Kier alpha value is -3.33. The first-order valence-corrected chi connectivity index (χ1v) is 16.1. The predicted octanol–water partition coefficient (Wildman–Crippen LogP) is 7.94. The van der Waals surface area contributed by atoms with Gasteiger partial charge in [-0.3, -0.25) is 4.98 Å². The molecule has 0 amide bonds. The standard InChI is InChI=1S/C40H45BN2/c1-36(2)22-37(3,4)27-19-24(15-16-25(27)36)43-32-17-18-42-35-34(32)41(30-14-12-11-13-26(30)40(35,9)10)31-20-28-29(21-33(31)43)39(7,8)23-38(28,5)6/h11-21H,22-23H2,1-10H3/i17D,18D. The highest BCUT2D eigenvalue weighted by Crippen LogP contribution is 2.54. The van der Waals surface area contributed by atoms with E-state index in [1.165, 1.54) is 38.7 Å². The maximum atomic E-state index is 9.49. The highest BCUT2D eigenvalue weighted by Gasteiger charge is 2.50. The molecule has 0 atom stereocenters. The van der Waals surface area contributed by atoms with Gasteiger partial charge < -0.3 is 4.90 Å². The van der Waals surface area contributed by atoms with Gasteiger partial charge in [0, 0.05) is 34.3 Å². The van der Waals surface area contributed by atoms with Crippen LogP contribution in [-0.4, -0.2) is 11.7 Å². The Bertz CT molecular complexity index is 1980. The van der Waals surface area contributed by atoms with Crippen molar-refractivity contribution in [1.82, 2.24) is 4.98 Å². The maximum absolute atomic E-state index is 9.49. The third-order valence-corrected chi connectivity index (χ3v) is 11.6. The molecule has 2 nitrogen and oxygen atoms in total. The first-order valence-electron chi connectivity index (χ1n) is 17.1. The van der Waals surface area contributed by atoms with Crippen molar-refractivity contribution >= 4 is 40.2 Å². The molecule has 0 unspecified atom stereocenters. The Labute approximate surface area is 261 Å². The van der Waals surface area contributed by atoms with E-state index in [9.17, 15) is 1.37 Å². The van der Waals surface area contributed by atoms with E-state index in [0.29, 0.717) is 0 Å². The molecule has 4 aromatic rings. The normalized spacial score (nSPS) is 22.6. The zero-order chi connectivity index (χ0) is 32.2. The quantitative estimate of drug-likeness (QED) is 0.192. The summed E-state index contributed by atoms with van der Waals surface area (Å²) in [6.45, 7) is 23.4. The number of benzene rings is 3. The van der Waals surface area contributed by atoms with Crippen LogP contribution >= 0.6 is 0 Å². The van der Waals surface area contributed by atoms with Crippen molar-refractivity contribution in [3.8, 4) is 0 Å². The fraction of sp³-hybridized carbons (Fsp3) is 0.425. The predicted molar refractivity (Wildman–Crippen MR) is 183 cm³/mol. The number of anilines is 3. The topological polar surface area (TPSA) is 16.1 Å². The second kappa shape index (κ2) is 8.03. The fourth-order valence-electron chi connectivity index (χ4n) is 10.2. The third kappa shape index (κ3) is 3.46. The molecule has 8 rings (SSSR count). The minimum Gasteiger partial charge on any atom is -0.311 e. The maximum Gasteiger partial charge on any atom is 0.249 e. The summed E-state index contributed by atoms with van der Waals surface area (Å²) in [5, 5.41) is 0. The largest absolute Gasteiger partial charge is 0.311 e. The van der Waals surface area contributed by atoms with Crippen molar-refractivity contribution in [1.29, 1.82) is 0 Å². The van der Waals surface area contributed by atoms with Crippen LogP contribution in [-0.2, 0) is 27.1 Å². The molecule has 2 aliphatic heterocycles. The van der Waals surface area contributed by atoms with Crippen LogP contribution in [0.1, 0.15) is 118 Å². The molecule has 1 aromatic heterocycles. The Morgan fingerprint density at radius 1 is 0.651 bits per heavy atom. The molecule has 43 heavy (non-hydrogen) atoms. The van der Waals surface area contributed by atoms with Crippen LogP contribution in [0.3, 0.4) is 0 Å². The molecule has 218 valence electrons. The first kappa shape index (κ1) is 25.0. The van der Waals surface area contributed by atoms with E-state index in [-0.39, 0.29) is 40.6 Å². The number of rotatable bonds is 1. The lowest BCUT2D eigenvalue weighted by Crippen LogP contribution is -2.64. The SMILES string of the molecule is [2H]c1nc2c3c(c1[2H])N(c1ccc4c(c1)C(C)(C)CC4(C)C)c1cc4c(cc1B3c1ccccc1C2(C)C)C(C)(C)CC4(C)C. The molecule has 0 saturated heterocycles. The van der Waals surface area contributed by atoms with Gasteiger partial charge in [-0.15, -0.1) is 0 Å². The Morgan fingerprint density at radius 2 is 1.26 bits per heavy atom. The van der Waals surface area contributed by atoms with E-state index >= 15 is 0 Å². The van der Waals surface area contributed by atoms with Crippen LogP contribution < -0.4 is 21.3 Å². The molecule has 3 heterocycles. The zero-order valence-electron chi connectivity index (χ0n) is 29.6. The number of hydrogen-bond acceptors (Lipinski definition) is 2. The van der Waals surface area contributed by atoms with Crippen molar-refractivity contribution in [2.24, 2.45) is 0 Å². The molecule has 0 spiro atoms. The summed E-state index contributed by atoms with van der Waals surface area (Å²) in [7, 11) is 0. The average Bonchev–Trinajstić information content (AvgIpc) is 3.25. The van der Waals surface area contributed by atoms with Crippen LogP contribution in [0.15, 0.2) is 66.8 Å². The number of pyridine rings is 1. The Morgan fingerprint density at radius 3 is 1.95 bits per heavy atom. The Kier molecular flexibility index (Phi) is 4.68. The molecule has 0 radical (unpaired) electrons. The number of hydrogen-bond donors (Lipinski definition) is 0. The van der Waals surface area contributed by atoms with E-state index < -0.39 is 5.41 Å². The van der Waals surface area contributed by atoms with Crippen LogP contribution in [0.4, 0.5) is 17.1 Å². The van der Waals surface area contributed by atoms with Gasteiger partial charge in [-0.1, -0.05) is 111 Å². The minimum atomic E-state index is -0.397. The molecule has 2 aliphatic carbocycles. The highest BCUT2D eigenvalue weighted by atomic mass is 15.2. The van der Waals surface area contributed by atoms with E-state index in [1.807, 2.05) is 0 Å². The van der Waals surface area contributed by atoms with Crippen molar-refractivity contribution in [3.63, 3.8) is 0 Å². The van der Waals surface area contributed by atoms with Crippen LogP contribution in [0.2, 0.25) is 0 Å². The molecule has 0 N–H and O–H groups in total. The summed E-state index contributed by atoms with van der Waals surface area (Å²) in [5.74, 6) is 0. The summed E-state index contributed by atoms with van der Waals surface area (Å²) in [4.78, 5) is 7.28. The molecule has 0 saturated carbocycles. The molecule has 0 bridgehead atoms. The number of aromatic nitrogens is 1. The lowest BCUT2D eigenvalue weighted by atomic mass is 9.30. The van der Waals surface area contributed by atoms with Gasteiger partial charge >= 0.3 is 0 Å². The fourth-order valence-corrected chi connectivity index (χ4v) is 10.2. The highest BCUT2D eigenvalue weighted by molar-refractivity contribution is 6.99. The number of nitrogens with zero attached hydrogens (tertiary/aromatic N) is 2. The molecular weight excluding hydrogens is 519 g/mol. The Balaban J connectivity index is 1.52. The minimum absolute atomic E-state index is 0.0318. The first-order chi connectivity index (χ1) is 20.9. The van der Waals surface area contributed by atoms with Crippen molar-refractivity contribution in [3.05, 3.63) is 100 Å². The van der Waals surface area contributed by atoms with Crippen LogP contribution in [0.5, 0.6) is 0 Å². The molecule has 3 aromatic carbocycles. The van der Waals surface area contributed by atoms with Gasteiger partial charge in [-0.25, -0.2) is 0 Å². The molecule has 3 heteroatoms. The van der Waals surface area contributed by atoms with Crippen LogP contribution in [0, 0.1) is 0 Å². The summed E-state index contributed by atoms with van der Waals surface area (Å²) in [5.41, 5.74) is 14.4. The van der Waals surface area contributed by atoms with Gasteiger partial charge in [-0.2, -0.15) is 0 Å². The lowest BCUT2D eigenvalue weighted by Gasteiger charge is -2.45. The monoisotopic (exact) mass is 566 g/mol. The van der Waals surface area contributed by atoms with Gasteiger partial charge in [0.2, 0.25) is 6.71 Å². The summed E-state index contributed by atoms with van der Waals surface area (Å²) >= 11 is 0. The van der Waals surface area contributed by atoms with Gasteiger partial charge in [-0.05, 0) is 97.5 Å². The summed E-state index contributed by atoms with van der Waals surface area (Å²) < 4.78 is 18.5. The molecule has 4 aliphatic rings. The zero-order valence-corrected chi connectivity index (χ0v) is 27.6. The van der Waals surface area contributed by atoms with E-state index in [4.69, 9.17) is 6.35 Å². The smallest absolute Gasteiger partial charge is 0.249 e. The van der Waals surface area contributed by atoms with E-state index in [0.717, 1.165) is 41.1 Å². The van der Waals surface area contributed by atoms with Gasteiger partial charge in [0.05, 0.1) is 2.74 Å². The van der Waals surface area contributed by atoms with Crippen molar-refractivity contribution in [2.75, 3.05) is 4.90 Å². The summed E-state index contributed by atoms with van der Waals surface area (Å²) in [6.07, 6.45) is 2.24. The third-order valence-electron chi connectivity index (χ3n) is 11.6. The van der Waals surface area contributed by atoms with Crippen LogP contribution in [0.25, 0.3) is 0 Å². The van der Waals surface area contributed by atoms with E-state index in [2.05, 4.69) is 129 Å². The van der Waals surface area contributed by atoms with E-state index in [1.54, 1.807) is 0 Å². The second-order valence-electron chi connectivity index (χ2n) is 17.0. The van der Waals surface area contributed by atoms with Gasteiger partial charge in [0.1, 0.15) is 0 Å². The summed E-state index contributed by atoms with van der Waals surface area (Å²) in [6, 6.07) is 21.0. The van der Waals surface area contributed by atoms with Gasteiger partial charge in [0.25, 0.3) is 0 Å². The second-order valence-corrected chi connectivity index (χ2v) is 17.0. The molecule has 0 fully saturated rings. The lowest BCUT2D eigenvalue weighted by molar-refractivity contribution is 0.403.